The van der Waals surface area contributed by atoms with E-state index >= 15 is 0 Å². The normalized spacial score (nSPS) is 10.7. The molecule has 0 amide bonds. The quantitative estimate of drug-likeness (QED) is 0.669. The van der Waals surface area contributed by atoms with E-state index < -0.39 is 5.69 Å². The van der Waals surface area contributed by atoms with Crippen molar-refractivity contribution in [3.8, 4) is 0 Å². The lowest BCUT2D eigenvalue weighted by Gasteiger charge is -2.00. The third-order valence-electron chi connectivity index (χ3n) is 2.80. The summed E-state index contributed by atoms with van der Waals surface area (Å²) >= 11 is 0. The molecule has 0 saturated carbocycles. The average molecular weight is 254 g/mol. The highest BCUT2D eigenvalue weighted by Crippen LogP contribution is 2.19. The van der Waals surface area contributed by atoms with Crippen molar-refractivity contribution in [1.29, 1.82) is 0 Å². The van der Waals surface area contributed by atoms with Crippen molar-refractivity contribution in [2.24, 2.45) is 0 Å². The Labute approximate surface area is 108 Å². The first-order chi connectivity index (χ1) is 9.24. The van der Waals surface area contributed by atoms with Crippen LogP contribution >= 0.6 is 0 Å². The first-order valence-electron chi connectivity index (χ1n) is 5.77. The van der Waals surface area contributed by atoms with Crippen molar-refractivity contribution in [2.45, 2.75) is 6.54 Å². The Morgan fingerprint density at radius 1 is 1.26 bits per heavy atom. The molecule has 1 aromatic carbocycles. The van der Waals surface area contributed by atoms with Crippen LogP contribution in [0, 0.1) is 0 Å². The smallest absolute Gasteiger partial charge is 0.347 e. The van der Waals surface area contributed by atoms with E-state index in [2.05, 4.69) is 4.98 Å². The van der Waals surface area contributed by atoms with Crippen LogP contribution in [-0.2, 0) is 6.54 Å². The standard InChI is InChI=1S/C14H10N2O3/c17-11(9-16-7-3-6-15-14(16)18)13-8-10-4-1-2-5-12(10)19-13/h1-8H,9H2. The number of hydrogen-bond acceptors (Lipinski definition) is 4. The van der Waals surface area contributed by atoms with E-state index in [1.165, 1.54) is 17.0 Å². The molecule has 0 unspecified atom stereocenters. The SMILES string of the molecule is O=C(Cn1cccnc1=O)c1cc2ccccc2o1. The third kappa shape index (κ3) is 2.18. The van der Waals surface area contributed by atoms with E-state index in [0.29, 0.717) is 5.58 Å². The van der Waals surface area contributed by atoms with E-state index in [1.807, 2.05) is 18.2 Å². The molecule has 0 aliphatic carbocycles. The fourth-order valence-corrected chi connectivity index (χ4v) is 1.86. The molecule has 0 spiro atoms. The highest BCUT2D eigenvalue weighted by atomic mass is 16.3. The summed E-state index contributed by atoms with van der Waals surface area (Å²) in [5, 5.41) is 0.865. The molecular formula is C14H10N2O3. The number of carbonyl (C=O) groups excluding carboxylic acids is 1. The Bertz CT molecular complexity index is 768. The van der Waals surface area contributed by atoms with Crippen LogP contribution in [0.2, 0.25) is 0 Å². The van der Waals surface area contributed by atoms with Gasteiger partial charge >= 0.3 is 5.69 Å². The maximum absolute atomic E-state index is 12.1. The molecule has 0 saturated heterocycles. The number of nitrogens with zero attached hydrogens (tertiary/aromatic N) is 2. The monoisotopic (exact) mass is 254 g/mol. The van der Waals surface area contributed by atoms with Gasteiger partial charge in [0.15, 0.2) is 5.76 Å². The number of furan rings is 1. The van der Waals surface area contributed by atoms with Crippen LogP contribution in [0.15, 0.2) is 58.0 Å². The van der Waals surface area contributed by atoms with E-state index in [0.717, 1.165) is 5.39 Å². The summed E-state index contributed by atoms with van der Waals surface area (Å²) in [6.45, 7) is -0.0769. The highest BCUT2D eigenvalue weighted by Gasteiger charge is 2.13. The molecule has 0 bridgehead atoms. The molecule has 0 aliphatic heterocycles. The number of carbonyl (C=O) groups is 1. The minimum Gasteiger partial charge on any atom is -0.453 e. The van der Waals surface area contributed by atoms with Crippen molar-refractivity contribution in [3.63, 3.8) is 0 Å². The predicted molar refractivity (Wildman–Crippen MR) is 69.0 cm³/mol. The summed E-state index contributed by atoms with van der Waals surface area (Å²) in [7, 11) is 0. The summed E-state index contributed by atoms with van der Waals surface area (Å²) < 4.78 is 6.70. The Kier molecular flexibility index (Phi) is 2.72. The van der Waals surface area contributed by atoms with Crippen LogP contribution in [0.5, 0.6) is 0 Å². The molecule has 94 valence electrons. The molecule has 3 rings (SSSR count). The van der Waals surface area contributed by atoms with E-state index in [1.54, 1.807) is 18.2 Å². The largest absolute Gasteiger partial charge is 0.453 e. The molecular weight excluding hydrogens is 244 g/mol. The number of para-hydroxylation sites is 1. The molecule has 2 heterocycles. The van der Waals surface area contributed by atoms with Crippen LogP contribution in [0.4, 0.5) is 0 Å². The number of benzene rings is 1. The Morgan fingerprint density at radius 3 is 2.89 bits per heavy atom. The average Bonchev–Trinajstić information content (AvgIpc) is 2.85. The number of hydrogen-bond donors (Lipinski definition) is 0. The third-order valence-corrected chi connectivity index (χ3v) is 2.80. The lowest BCUT2D eigenvalue weighted by atomic mass is 10.2. The Morgan fingerprint density at radius 2 is 2.11 bits per heavy atom. The van der Waals surface area contributed by atoms with Crippen LogP contribution < -0.4 is 5.69 Å². The predicted octanol–water partition coefficient (Wildman–Crippen LogP) is 1.87. The van der Waals surface area contributed by atoms with Gasteiger partial charge in [-0.2, -0.15) is 0 Å². The maximum atomic E-state index is 12.1. The minimum absolute atomic E-state index is 0.0769. The summed E-state index contributed by atoms with van der Waals surface area (Å²) in [4.78, 5) is 27.1. The zero-order chi connectivity index (χ0) is 13.2. The highest BCUT2D eigenvalue weighted by molar-refractivity contribution is 5.97. The van der Waals surface area contributed by atoms with Gasteiger partial charge in [0.05, 0.1) is 6.54 Å². The number of fused-ring (bicyclic) bond motifs is 1. The molecule has 5 nitrogen and oxygen atoms in total. The van der Waals surface area contributed by atoms with Gasteiger partial charge in [0.1, 0.15) is 5.58 Å². The second kappa shape index (κ2) is 4.53. The number of rotatable bonds is 3. The van der Waals surface area contributed by atoms with Gasteiger partial charge in [-0.1, -0.05) is 18.2 Å². The zero-order valence-corrected chi connectivity index (χ0v) is 9.95. The van der Waals surface area contributed by atoms with E-state index in [4.69, 9.17) is 4.42 Å². The van der Waals surface area contributed by atoms with Crippen molar-refractivity contribution in [3.05, 3.63) is 65.0 Å². The Balaban J connectivity index is 1.92. The number of aromatic nitrogens is 2. The second-order valence-corrected chi connectivity index (χ2v) is 4.10. The molecule has 5 heteroatoms. The summed E-state index contributed by atoms with van der Waals surface area (Å²) in [5.74, 6) is -0.0109. The second-order valence-electron chi connectivity index (χ2n) is 4.10. The molecule has 0 N–H and O–H groups in total. The molecule has 0 fully saturated rings. The minimum atomic E-state index is -0.452. The van der Waals surface area contributed by atoms with Gasteiger partial charge in [0, 0.05) is 17.8 Å². The van der Waals surface area contributed by atoms with E-state index in [9.17, 15) is 9.59 Å². The van der Waals surface area contributed by atoms with Crippen molar-refractivity contribution >= 4 is 16.8 Å². The van der Waals surface area contributed by atoms with E-state index in [-0.39, 0.29) is 18.1 Å². The lowest BCUT2D eigenvalue weighted by Crippen LogP contribution is -2.25. The van der Waals surface area contributed by atoms with Gasteiger partial charge in [-0.25, -0.2) is 9.78 Å². The van der Waals surface area contributed by atoms with Crippen molar-refractivity contribution in [2.75, 3.05) is 0 Å². The van der Waals surface area contributed by atoms with Gasteiger partial charge in [0.2, 0.25) is 5.78 Å². The van der Waals surface area contributed by atoms with Gasteiger partial charge in [-0.15, -0.1) is 0 Å². The lowest BCUT2D eigenvalue weighted by molar-refractivity contribution is 0.0945. The topological polar surface area (TPSA) is 65.1 Å². The fraction of sp³-hybridized carbons (Fsp3) is 0.0714. The first kappa shape index (κ1) is 11.4. The molecule has 0 atom stereocenters. The Hall–Kier alpha value is -2.69. The van der Waals surface area contributed by atoms with Crippen LogP contribution in [0.25, 0.3) is 11.0 Å². The summed E-state index contributed by atoms with van der Waals surface area (Å²) in [6, 6.07) is 10.7. The molecule has 3 aromatic rings. The van der Waals surface area contributed by atoms with Gasteiger partial charge < -0.3 is 4.42 Å². The first-order valence-corrected chi connectivity index (χ1v) is 5.77. The van der Waals surface area contributed by atoms with Gasteiger partial charge in [-0.3, -0.25) is 9.36 Å². The van der Waals surface area contributed by atoms with Crippen molar-refractivity contribution in [1.82, 2.24) is 9.55 Å². The van der Waals surface area contributed by atoms with Gasteiger partial charge in [0.25, 0.3) is 0 Å². The fourth-order valence-electron chi connectivity index (χ4n) is 1.86. The summed E-state index contributed by atoms with van der Waals surface area (Å²) in [6.07, 6.45) is 2.92. The van der Waals surface area contributed by atoms with Crippen molar-refractivity contribution < 1.29 is 9.21 Å². The summed E-state index contributed by atoms with van der Waals surface area (Å²) in [5.41, 5.74) is 0.205. The maximum Gasteiger partial charge on any atom is 0.347 e. The molecule has 2 aromatic heterocycles. The van der Waals surface area contributed by atoms with Crippen LogP contribution in [0.1, 0.15) is 10.6 Å². The molecule has 19 heavy (non-hydrogen) atoms. The van der Waals surface area contributed by atoms with Crippen LogP contribution in [0.3, 0.4) is 0 Å². The molecule has 0 radical (unpaired) electrons. The van der Waals surface area contributed by atoms with Gasteiger partial charge in [-0.05, 0) is 18.2 Å². The molecule has 0 aliphatic rings. The number of Topliss-reactive ketones (excluding diaryl/α,β-unsaturated/α-hetero) is 1. The number of ketones is 1. The zero-order valence-electron chi connectivity index (χ0n) is 9.95. The van der Waals surface area contributed by atoms with Crippen LogP contribution in [-0.4, -0.2) is 15.3 Å².